The van der Waals surface area contributed by atoms with Crippen molar-refractivity contribution in [3.63, 3.8) is 0 Å². The molecule has 0 unspecified atom stereocenters. The van der Waals surface area contributed by atoms with Crippen LogP contribution < -0.4 is 5.56 Å². The van der Waals surface area contributed by atoms with E-state index >= 15 is 0 Å². The molecule has 124 valence electrons. The fourth-order valence-corrected chi connectivity index (χ4v) is 4.18. The number of benzene rings is 1. The van der Waals surface area contributed by atoms with Crippen molar-refractivity contribution in [2.24, 2.45) is 0 Å². The lowest BCUT2D eigenvalue weighted by Crippen LogP contribution is -2.37. The molecule has 23 heavy (non-hydrogen) atoms. The number of hydrogen-bond acceptors (Lipinski definition) is 3. The molecule has 7 heteroatoms. The van der Waals surface area contributed by atoms with Gasteiger partial charge in [0.2, 0.25) is 10.0 Å². The van der Waals surface area contributed by atoms with Gasteiger partial charge in [0.15, 0.2) is 0 Å². The van der Waals surface area contributed by atoms with E-state index < -0.39 is 10.0 Å². The second kappa shape index (κ2) is 5.35. The Morgan fingerprint density at radius 2 is 1.74 bits per heavy atom. The summed E-state index contributed by atoms with van der Waals surface area (Å²) in [7, 11) is -3.59. The van der Waals surface area contributed by atoms with Crippen LogP contribution in [0.15, 0.2) is 34.0 Å². The van der Waals surface area contributed by atoms with E-state index in [-0.39, 0.29) is 22.4 Å². The quantitative estimate of drug-likeness (QED) is 0.876. The van der Waals surface area contributed by atoms with Crippen molar-refractivity contribution in [3.05, 3.63) is 51.4 Å². The number of rotatable bonds is 2. The molecule has 3 rings (SSSR count). The van der Waals surface area contributed by atoms with Gasteiger partial charge in [-0.05, 0) is 23.1 Å². The zero-order chi connectivity index (χ0) is 16.8. The predicted octanol–water partition coefficient (Wildman–Crippen LogP) is 1.75. The van der Waals surface area contributed by atoms with Crippen molar-refractivity contribution < 1.29 is 8.42 Å². The van der Waals surface area contributed by atoms with E-state index in [1.807, 2.05) is 12.1 Å². The van der Waals surface area contributed by atoms with Crippen molar-refractivity contribution in [2.75, 3.05) is 6.54 Å². The number of nitrogens with one attached hydrogen (secondary N) is 2. The summed E-state index contributed by atoms with van der Waals surface area (Å²) in [5, 5.41) is 5.32. The fourth-order valence-electron chi connectivity index (χ4n) is 2.77. The number of fused-ring (bicyclic) bond motifs is 1. The Kier molecular flexibility index (Phi) is 3.72. The first kappa shape index (κ1) is 16.0. The van der Waals surface area contributed by atoms with Crippen molar-refractivity contribution >= 4 is 10.0 Å². The predicted molar refractivity (Wildman–Crippen MR) is 87.9 cm³/mol. The molecule has 1 aromatic carbocycles. The molecule has 2 heterocycles. The first-order valence-corrected chi connectivity index (χ1v) is 9.03. The van der Waals surface area contributed by atoms with Crippen LogP contribution in [0.25, 0.3) is 0 Å². The molecule has 0 spiro atoms. The number of nitrogens with zero attached hydrogens (tertiary/aromatic N) is 1. The lowest BCUT2D eigenvalue weighted by Gasteiger charge is -2.26. The number of H-pyrrole nitrogens is 2. The summed E-state index contributed by atoms with van der Waals surface area (Å²) in [6, 6.07) is 7.00. The van der Waals surface area contributed by atoms with Gasteiger partial charge in [0.25, 0.3) is 5.56 Å². The third-order valence-corrected chi connectivity index (χ3v) is 6.13. The Bertz CT molecular complexity index is 871. The summed E-state index contributed by atoms with van der Waals surface area (Å²) in [5.74, 6) is 0. The summed E-state index contributed by atoms with van der Waals surface area (Å²) in [6.45, 7) is 6.73. The molecule has 2 N–H and O–H groups in total. The molecule has 2 aromatic rings. The third-order valence-electron chi connectivity index (χ3n) is 4.27. The average molecular weight is 335 g/mol. The molecule has 6 nitrogen and oxygen atoms in total. The normalized spacial score (nSPS) is 16.3. The van der Waals surface area contributed by atoms with Crippen LogP contribution in [0.4, 0.5) is 0 Å². The minimum absolute atomic E-state index is 0.0270. The number of aromatic amines is 2. The highest BCUT2D eigenvalue weighted by molar-refractivity contribution is 7.89. The van der Waals surface area contributed by atoms with Gasteiger partial charge in [-0.15, -0.1) is 0 Å². The summed E-state index contributed by atoms with van der Waals surface area (Å²) in [4.78, 5) is 12.0. The summed E-state index contributed by atoms with van der Waals surface area (Å²) in [5.41, 5.74) is 2.11. The smallest absolute Gasteiger partial charge is 0.268 e. The van der Waals surface area contributed by atoms with E-state index in [4.69, 9.17) is 0 Å². The number of sulfonamides is 1. The van der Waals surface area contributed by atoms with Gasteiger partial charge in [-0.25, -0.2) is 8.42 Å². The highest BCUT2D eigenvalue weighted by Gasteiger charge is 2.30. The van der Waals surface area contributed by atoms with Crippen LogP contribution in [-0.2, 0) is 28.4 Å². The Morgan fingerprint density at radius 1 is 1.09 bits per heavy atom. The maximum atomic E-state index is 12.8. The molecule has 0 amide bonds. The summed E-state index contributed by atoms with van der Waals surface area (Å²) in [6.07, 6.45) is 0.507. The summed E-state index contributed by atoms with van der Waals surface area (Å²) >= 11 is 0. The molecular weight excluding hydrogens is 314 g/mol. The largest absolute Gasteiger partial charge is 0.302 e. The Hall–Kier alpha value is -1.86. The first-order valence-electron chi connectivity index (χ1n) is 7.59. The van der Waals surface area contributed by atoms with E-state index in [0.29, 0.717) is 18.5 Å². The zero-order valence-electron chi connectivity index (χ0n) is 13.5. The second-order valence-electron chi connectivity index (χ2n) is 6.90. The average Bonchev–Trinajstić information content (AvgIpc) is 2.87. The van der Waals surface area contributed by atoms with Crippen LogP contribution in [0.1, 0.15) is 37.6 Å². The minimum atomic E-state index is -3.59. The van der Waals surface area contributed by atoms with Crippen LogP contribution in [0.5, 0.6) is 0 Å². The lowest BCUT2D eigenvalue weighted by atomic mass is 9.87. The standard InChI is InChI=1S/C16H21N3O3S/c1-16(2,3)11-4-6-12(7-5-11)23(21,22)19-9-8-14-13(10-19)15(20)18-17-14/h4-7H,8-10H2,1-3H3,(H2,17,18,20). The number of aromatic nitrogens is 2. The van der Waals surface area contributed by atoms with Crippen LogP contribution in [0.2, 0.25) is 0 Å². The highest BCUT2D eigenvalue weighted by atomic mass is 32.2. The van der Waals surface area contributed by atoms with E-state index in [0.717, 1.165) is 11.3 Å². The van der Waals surface area contributed by atoms with Gasteiger partial charge >= 0.3 is 0 Å². The van der Waals surface area contributed by atoms with Gasteiger partial charge in [0.05, 0.1) is 10.5 Å². The van der Waals surface area contributed by atoms with E-state index in [1.54, 1.807) is 12.1 Å². The van der Waals surface area contributed by atoms with Crippen LogP contribution >= 0.6 is 0 Å². The van der Waals surface area contributed by atoms with Gasteiger partial charge in [0.1, 0.15) is 0 Å². The minimum Gasteiger partial charge on any atom is -0.302 e. The highest BCUT2D eigenvalue weighted by Crippen LogP contribution is 2.26. The maximum absolute atomic E-state index is 12.8. The molecular formula is C16H21N3O3S. The molecule has 1 aliphatic rings. The SMILES string of the molecule is CC(C)(C)c1ccc(S(=O)(=O)N2CCc3[nH][nH]c(=O)c3C2)cc1. The van der Waals surface area contributed by atoms with Crippen molar-refractivity contribution in [2.45, 2.75) is 44.0 Å². The molecule has 0 bridgehead atoms. The van der Waals surface area contributed by atoms with Crippen LogP contribution in [0, 0.1) is 0 Å². The first-order chi connectivity index (χ1) is 10.7. The Morgan fingerprint density at radius 3 is 2.35 bits per heavy atom. The van der Waals surface area contributed by atoms with E-state index in [9.17, 15) is 13.2 Å². The fraction of sp³-hybridized carbons (Fsp3) is 0.438. The molecule has 0 aliphatic carbocycles. The zero-order valence-corrected chi connectivity index (χ0v) is 14.3. The monoisotopic (exact) mass is 335 g/mol. The topological polar surface area (TPSA) is 86.0 Å². The second-order valence-corrected chi connectivity index (χ2v) is 8.84. The van der Waals surface area contributed by atoms with Crippen LogP contribution in [-0.4, -0.2) is 29.5 Å². The van der Waals surface area contributed by atoms with Gasteiger partial charge < -0.3 is 5.10 Å². The number of hydrogen-bond donors (Lipinski definition) is 2. The van der Waals surface area contributed by atoms with Gasteiger partial charge in [-0.2, -0.15) is 4.31 Å². The van der Waals surface area contributed by atoms with Crippen molar-refractivity contribution in [1.29, 1.82) is 0 Å². The Labute approximate surface area is 135 Å². The molecule has 0 radical (unpaired) electrons. The lowest BCUT2D eigenvalue weighted by molar-refractivity contribution is 0.389. The van der Waals surface area contributed by atoms with Crippen molar-refractivity contribution in [1.82, 2.24) is 14.5 Å². The van der Waals surface area contributed by atoms with E-state index in [1.165, 1.54) is 4.31 Å². The summed E-state index contributed by atoms with van der Waals surface area (Å²) < 4.78 is 27.0. The Balaban J connectivity index is 1.91. The molecule has 1 aromatic heterocycles. The molecule has 0 atom stereocenters. The molecule has 0 fully saturated rings. The third kappa shape index (κ3) is 2.86. The maximum Gasteiger partial charge on any atom is 0.268 e. The van der Waals surface area contributed by atoms with Gasteiger partial charge in [-0.3, -0.25) is 9.89 Å². The van der Waals surface area contributed by atoms with Crippen molar-refractivity contribution in [3.8, 4) is 0 Å². The van der Waals surface area contributed by atoms with Gasteiger partial charge in [0, 0.05) is 25.2 Å². The molecule has 1 aliphatic heterocycles. The van der Waals surface area contributed by atoms with Gasteiger partial charge in [-0.1, -0.05) is 32.9 Å². The van der Waals surface area contributed by atoms with Crippen LogP contribution in [0.3, 0.4) is 0 Å². The molecule has 0 saturated carbocycles. The van der Waals surface area contributed by atoms with E-state index in [2.05, 4.69) is 31.0 Å². The molecule has 0 saturated heterocycles.